The van der Waals surface area contributed by atoms with Crippen LogP contribution in [-0.2, 0) is 6.61 Å². The van der Waals surface area contributed by atoms with E-state index in [-0.39, 0.29) is 18.2 Å². The average Bonchev–Trinajstić information content (AvgIpc) is 3.23. The Hall–Kier alpha value is -3.43. The number of methoxy groups -OCH3 is 1. The third kappa shape index (κ3) is 2.16. The molecule has 0 atom stereocenters. The summed E-state index contributed by atoms with van der Waals surface area (Å²) in [5, 5.41) is 19.2. The van der Waals surface area contributed by atoms with Gasteiger partial charge in [-0.2, -0.15) is 5.21 Å². The summed E-state index contributed by atoms with van der Waals surface area (Å²) in [6.07, 6.45) is 0. The van der Waals surface area contributed by atoms with Crippen molar-refractivity contribution in [3.8, 4) is 22.8 Å². The molecule has 0 spiro atoms. The smallest absolute Gasteiger partial charge is 0.280 e. The van der Waals surface area contributed by atoms with Gasteiger partial charge in [0, 0.05) is 6.07 Å². The monoisotopic (exact) mass is 314 g/mol. The lowest BCUT2D eigenvalue weighted by Crippen LogP contribution is -2.17. The van der Waals surface area contributed by atoms with E-state index in [9.17, 15) is 4.79 Å². The van der Waals surface area contributed by atoms with Crippen molar-refractivity contribution in [1.82, 2.24) is 25.8 Å². The minimum atomic E-state index is -0.503. The number of hydrogen-bond acceptors (Lipinski definition) is 8. The van der Waals surface area contributed by atoms with E-state index in [1.807, 2.05) is 0 Å². The predicted octanol–water partition coefficient (Wildman–Crippen LogP) is 1.01. The van der Waals surface area contributed by atoms with E-state index in [4.69, 9.17) is 14.0 Å². The second-order valence-corrected chi connectivity index (χ2v) is 4.68. The normalized spacial score (nSPS) is 12.0. The number of nitrogens with zero attached hydrogens (tertiary/aromatic N) is 4. The lowest BCUT2D eigenvalue weighted by atomic mass is 10.0. The molecule has 10 heteroatoms. The standard InChI is InChI=1S/C13H10N6O4/c1-21-6-2-3-7-9(4-6)22-5-8-10(17-23-11(7)8)12(20)14-13-15-18-19-16-13/h2-4H,5H2,1H3,(H2,14,15,16,18,19,20). The molecule has 0 saturated carbocycles. The van der Waals surface area contributed by atoms with E-state index in [2.05, 4.69) is 31.1 Å². The SMILES string of the molecule is COc1ccc2c(c1)OCc1c(C(=O)Nc3nn[nH]n3)noc1-2. The topological polar surface area (TPSA) is 128 Å². The molecule has 0 radical (unpaired) electrons. The molecule has 2 aromatic heterocycles. The second kappa shape index (κ2) is 5.09. The van der Waals surface area contributed by atoms with Crippen molar-refractivity contribution in [3.05, 3.63) is 29.5 Å². The van der Waals surface area contributed by atoms with E-state index >= 15 is 0 Å². The number of H-pyrrole nitrogens is 1. The predicted molar refractivity (Wildman–Crippen MR) is 75.0 cm³/mol. The molecule has 0 unspecified atom stereocenters. The Balaban J connectivity index is 1.69. The van der Waals surface area contributed by atoms with E-state index in [0.29, 0.717) is 28.4 Å². The molecule has 1 aliphatic heterocycles. The summed E-state index contributed by atoms with van der Waals surface area (Å²) in [4.78, 5) is 12.2. The Kier molecular flexibility index (Phi) is 2.93. The Bertz CT molecular complexity index is 873. The number of ether oxygens (including phenoxy) is 2. The summed E-state index contributed by atoms with van der Waals surface area (Å²) in [7, 11) is 1.57. The summed E-state index contributed by atoms with van der Waals surface area (Å²) in [6, 6.07) is 5.32. The first kappa shape index (κ1) is 13.2. The lowest BCUT2D eigenvalue weighted by molar-refractivity contribution is 0.101. The largest absolute Gasteiger partial charge is 0.497 e. The Labute approximate surface area is 128 Å². The van der Waals surface area contributed by atoms with Crippen LogP contribution in [0.5, 0.6) is 11.5 Å². The maximum atomic E-state index is 12.2. The molecule has 1 aromatic carbocycles. The van der Waals surface area contributed by atoms with Gasteiger partial charge in [0.15, 0.2) is 11.5 Å². The number of carbonyl (C=O) groups excluding carboxylic acids is 1. The highest BCUT2D eigenvalue weighted by molar-refractivity contribution is 6.03. The van der Waals surface area contributed by atoms with E-state index in [1.165, 1.54) is 0 Å². The molecule has 4 rings (SSSR count). The molecule has 0 fully saturated rings. The molecule has 3 heterocycles. The summed E-state index contributed by atoms with van der Waals surface area (Å²) < 4.78 is 16.2. The van der Waals surface area contributed by atoms with Crippen LogP contribution in [0, 0.1) is 0 Å². The van der Waals surface area contributed by atoms with Crippen molar-refractivity contribution in [2.45, 2.75) is 6.61 Å². The van der Waals surface area contributed by atoms with E-state index in [1.54, 1.807) is 25.3 Å². The molecule has 0 saturated heterocycles. The number of aromatic amines is 1. The van der Waals surface area contributed by atoms with Crippen LogP contribution in [0.15, 0.2) is 22.7 Å². The summed E-state index contributed by atoms with van der Waals surface area (Å²) in [6.45, 7) is 0.161. The van der Waals surface area contributed by atoms with Crippen LogP contribution in [-0.4, -0.2) is 38.8 Å². The van der Waals surface area contributed by atoms with Gasteiger partial charge < -0.3 is 14.0 Å². The van der Waals surface area contributed by atoms with Gasteiger partial charge in [0.2, 0.25) is 0 Å². The summed E-state index contributed by atoms with van der Waals surface area (Å²) >= 11 is 0. The highest BCUT2D eigenvalue weighted by atomic mass is 16.5. The number of hydrogen-bond donors (Lipinski definition) is 2. The number of carbonyl (C=O) groups is 1. The average molecular weight is 314 g/mol. The van der Waals surface area contributed by atoms with Crippen molar-refractivity contribution >= 4 is 11.9 Å². The van der Waals surface area contributed by atoms with Gasteiger partial charge >= 0.3 is 0 Å². The second-order valence-electron chi connectivity index (χ2n) is 4.68. The summed E-state index contributed by atoms with van der Waals surface area (Å²) in [5.74, 6) is 1.32. The third-order valence-corrected chi connectivity index (χ3v) is 3.38. The lowest BCUT2D eigenvalue weighted by Gasteiger charge is -2.16. The number of anilines is 1. The zero-order chi connectivity index (χ0) is 15.8. The van der Waals surface area contributed by atoms with Crippen LogP contribution in [0.4, 0.5) is 5.95 Å². The molecule has 1 aliphatic rings. The number of aromatic nitrogens is 5. The Morgan fingerprint density at radius 2 is 2.35 bits per heavy atom. The number of benzene rings is 1. The van der Waals surface area contributed by atoms with Crippen LogP contribution in [0.3, 0.4) is 0 Å². The van der Waals surface area contributed by atoms with Gasteiger partial charge in [-0.15, -0.1) is 5.10 Å². The van der Waals surface area contributed by atoms with Crippen LogP contribution in [0.25, 0.3) is 11.3 Å². The first-order valence-corrected chi connectivity index (χ1v) is 6.61. The number of rotatable bonds is 3. The molecule has 0 aliphatic carbocycles. The minimum Gasteiger partial charge on any atom is -0.497 e. The van der Waals surface area contributed by atoms with Gasteiger partial charge in [-0.05, 0) is 17.3 Å². The maximum absolute atomic E-state index is 12.2. The van der Waals surface area contributed by atoms with Gasteiger partial charge in [0.1, 0.15) is 18.1 Å². The molecule has 3 aromatic rings. The number of tetrazole rings is 1. The number of amides is 1. The fourth-order valence-electron chi connectivity index (χ4n) is 2.30. The molecule has 23 heavy (non-hydrogen) atoms. The Morgan fingerprint density at radius 1 is 1.43 bits per heavy atom. The maximum Gasteiger partial charge on any atom is 0.280 e. The first-order chi connectivity index (χ1) is 11.3. The fraction of sp³-hybridized carbons (Fsp3) is 0.154. The van der Waals surface area contributed by atoms with Gasteiger partial charge in [0.05, 0.1) is 18.2 Å². The number of fused-ring (bicyclic) bond motifs is 3. The summed E-state index contributed by atoms with van der Waals surface area (Å²) in [5.41, 5.74) is 1.38. The van der Waals surface area contributed by atoms with Gasteiger partial charge in [-0.1, -0.05) is 10.3 Å². The van der Waals surface area contributed by atoms with E-state index < -0.39 is 5.91 Å². The quantitative estimate of drug-likeness (QED) is 0.733. The Morgan fingerprint density at radius 3 is 3.13 bits per heavy atom. The molecule has 116 valence electrons. The molecule has 2 N–H and O–H groups in total. The fourth-order valence-corrected chi connectivity index (χ4v) is 2.30. The molecule has 10 nitrogen and oxygen atoms in total. The molecule has 0 bridgehead atoms. The van der Waals surface area contributed by atoms with Crippen LogP contribution in [0.1, 0.15) is 16.1 Å². The third-order valence-electron chi connectivity index (χ3n) is 3.38. The highest BCUT2D eigenvalue weighted by Gasteiger charge is 2.29. The van der Waals surface area contributed by atoms with E-state index in [0.717, 1.165) is 0 Å². The van der Waals surface area contributed by atoms with Crippen LogP contribution < -0.4 is 14.8 Å². The van der Waals surface area contributed by atoms with Crippen molar-refractivity contribution in [2.24, 2.45) is 0 Å². The van der Waals surface area contributed by atoms with Crippen LogP contribution in [0.2, 0.25) is 0 Å². The molecular formula is C13H10N6O4. The van der Waals surface area contributed by atoms with Gasteiger partial charge in [-0.3, -0.25) is 10.1 Å². The zero-order valence-corrected chi connectivity index (χ0v) is 11.9. The zero-order valence-electron chi connectivity index (χ0n) is 11.9. The molecule has 1 amide bonds. The van der Waals surface area contributed by atoms with Crippen molar-refractivity contribution in [3.63, 3.8) is 0 Å². The minimum absolute atomic E-state index is 0.0496. The first-order valence-electron chi connectivity index (χ1n) is 6.61. The van der Waals surface area contributed by atoms with Gasteiger partial charge in [0.25, 0.3) is 11.9 Å². The highest BCUT2D eigenvalue weighted by Crippen LogP contribution is 2.40. The molecular weight excluding hydrogens is 304 g/mol. The van der Waals surface area contributed by atoms with Gasteiger partial charge in [-0.25, -0.2) is 0 Å². The van der Waals surface area contributed by atoms with Crippen molar-refractivity contribution < 1.29 is 18.8 Å². The van der Waals surface area contributed by atoms with Crippen LogP contribution >= 0.6 is 0 Å². The number of nitrogens with one attached hydrogen (secondary N) is 2. The van der Waals surface area contributed by atoms with Crippen molar-refractivity contribution in [1.29, 1.82) is 0 Å². The van der Waals surface area contributed by atoms with Crippen molar-refractivity contribution in [2.75, 3.05) is 12.4 Å².